The van der Waals surface area contributed by atoms with Crippen molar-refractivity contribution in [3.05, 3.63) is 71.1 Å². The molecule has 0 aliphatic carbocycles. The molecule has 4 rings (SSSR count). The Kier molecular flexibility index (Phi) is 5.80. The summed E-state index contributed by atoms with van der Waals surface area (Å²) < 4.78 is 44.0. The maximum Gasteiger partial charge on any atom is 0.416 e. The molecule has 0 spiro atoms. The van der Waals surface area contributed by atoms with Gasteiger partial charge in [-0.2, -0.15) is 13.2 Å². The molecule has 3 aromatic rings. The molecule has 0 bridgehead atoms. The van der Waals surface area contributed by atoms with Gasteiger partial charge in [-0.3, -0.25) is 4.79 Å². The molecule has 1 atom stereocenters. The minimum absolute atomic E-state index is 0.0535. The number of halogens is 3. The van der Waals surface area contributed by atoms with Crippen molar-refractivity contribution >= 4 is 5.91 Å². The van der Waals surface area contributed by atoms with Gasteiger partial charge in [-0.1, -0.05) is 29.8 Å². The summed E-state index contributed by atoms with van der Waals surface area (Å²) in [5, 5.41) is 8.10. The van der Waals surface area contributed by atoms with Gasteiger partial charge >= 0.3 is 6.18 Å². The van der Waals surface area contributed by atoms with E-state index in [-0.39, 0.29) is 17.7 Å². The van der Waals surface area contributed by atoms with Gasteiger partial charge in [0, 0.05) is 18.7 Å². The van der Waals surface area contributed by atoms with Crippen molar-refractivity contribution < 1.29 is 22.4 Å². The van der Waals surface area contributed by atoms with E-state index in [0.717, 1.165) is 36.1 Å². The van der Waals surface area contributed by atoms with Crippen LogP contribution in [0, 0.1) is 6.92 Å². The Morgan fingerprint density at radius 1 is 1.16 bits per heavy atom. The van der Waals surface area contributed by atoms with Crippen molar-refractivity contribution in [2.24, 2.45) is 0 Å². The van der Waals surface area contributed by atoms with Crippen LogP contribution in [-0.4, -0.2) is 34.1 Å². The van der Waals surface area contributed by atoms with Gasteiger partial charge in [0.15, 0.2) is 0 Å². The Bertz CT molecular complexity index is 1060. The first kappa shape index (κ1) is 21.1. The van der Waals surface area contributed by atoms with Crippen LogP contribution in [0.4, 0.5) is 13.2 Å². The number of alkyl halides is 3. The summed E-state index contributed by atoms with van der Waals surface area (Å²) in [6, 6.07) is 12.5. The number of hydrogen-bond acceptors (Lipinski definition) is 4. The van der Waals surface area contributed by atoms with E-state index in [9.17, 15) is 18.0 Å². The Morgan fingerprint density at radius 3 is 2.65 bits per heavy atom. The van der Waals surface area contributed by atoms with Crippen molar-refractivity contribution in [3.8, 4) is 11.5 Å². The van der Waals surface area contributed by atoms with Gasteiger partial charge in [0.05, 0.1) is 17.9 Å². The predicted molar refractivity (Wildman–Crippen MR) is 108 cm³/mol. The Hall–Kier alpha value is -3.16. The normalized spacial score (nSPS) is 17.0. The molecule has 162 valence electrons. The molecule has 5 nitrogen and oxygen atoms in total. The van der Waals surface area contributed by atoms with Crippen molar-refractivity contribution in [1.82, 2.24) is 15.1 Å². The van der Waals surface area contributed by atoms with Crippen LogP contribution in [0.1, 0.15) is 41.3 Å². The number of piperidine rings is 1. The van der Waals surface area contributed by atoms with E-state index in [0.29, 0.717) is 31.0 Å². The maximum absolute atomic E-state index is 12.8. The molecule has 0 N–H and O–H groups in total. The van der Waals surface area contributed by atoms with E-state index >= 15 is 0 Å². The average molecular weight is 429 g/mol. The SMILES string of the molecule is Cc1cccc(CC(=O)N2CCCC(c3nnc(-c4ccc(C(F)(F)F)cc4)o3)C2)c1. The molecule has 1 unspecified atom stereocenters. The number of nitrogens with zero attached hydrogens (tertiary/aromatic N) is 3. The number of likely N-dealkylation sites (tertiary alicyclic amines) is 1. The summed E-state index contributed by atoms with van der Waals surface area (Å²) in [5.41, 5.74) is 1.79. The first-order chi connectivity index (χ1) is 14.8. The van der Waals surface area contributed by atoms with Crippen molar-refractivity contribution in [2.75, 3.05) is 13.1 Å². The third-order valence-corrected chi connectivity index (χ3v) is 5.46. The summed E-state index contributed by atoms with van der Waals surface area (Å²) in [6.45, 7) is 3.16. The second-order valence-electron chi connectivity index (χ2n) is 7.87. The van der Waals surface area contributed by atoms with Gasteiger partial charge in [0.25, 0.3) is 0 Å². The lowest BCUT2D eigenvalue weighted by atomic mass is 9.97. The highest BCUT2D eigenvalue weighted by Crippen LogP contribution is 2.32. The number of carbonyl (C=O) groups is 1. The summed E-state index contributed by atoms with van der Waals surface area (Å²) in [6.07, 6.45) is -2.42. The Labute approximate surface area is 177 Å². The van der Waals surface area contributed by atoms with Crippen LogP contribution in [0.3, 0.4) is 0 Å². The van der Waals surface area contributed by atoms with Crippen LogP contribution in [0.2, 0.25) is 0 Å². The fourth-order valence-electron chi connectivity index (χ4n) is 3.83. The Balaban J connectivity index is 1.43. The molecule has 1 fully saturated rings. The second kappa shape index (κ2) is 8.53. The largest absolute Gasteiger partial charge is 0.420 e. The highest BCUT2D eigenvalue weighted by molar-refractivity contribution is 5.79. The minimum Gasteiger partial charge on any atom is -0.420 e. The van der Waals surface area contributed by atoms with Crippen LogP contribution >= 0.6 is 0 Å². The number of amides is 1. The van der Waals surface area contributed by atoms with E-state index in [1.54, 1.807) is 0 Å². The minimum atomic E-state index is -4.39. The van der Waals surface area contributed by atoms with E-state index in [4.69, 9.17) is 4.42 Å². The molecular weight excluding hydrogens is 407 g/mol. The molecule has 1 aromatic heterocycles. The van der Waals surface area contributed by atoms with Gasteiger partial charge in [0.2, 0.25) is 17.7 Å². The van der Waals surface area contributed by atoms with Crippen LogP contribution in [0.25, 0.3) is 11.5 Å². The van der Waals surface area contributed by atoms with Gasteiger partial charge in [-0.15, -0.1) is 10.2 Å². The molecule has 8 heteroatoms. The third-order valence-electron chi connectivity index (χ3n) is 5.46. The van der Waals surface area contributed by atoms with E-state index in [1.807, 2.05) is 36.1 Å². The number of benzene rings is 2. The number of carbonyl (C=O) groups excluding carboxylic acids is 1. The maximum atomic E-state index is 12.8. The smallest absolute Gasteiger partial charge is 0.416 e. The first-order valence-corrected chi connectivity index (χ1v) is 10.1. The summed E-state index contributed by atoms with van der Waals surface area (Å²) in [5.74, 6) is 0.540. The van der Waals surface area contributed by atoms with Crippen LogP contribution < -0.4 is 0 Å². The molecule has 2 heterocycles. The molecule has 1 saturated heterocycles. The first-order valence-electron chi connectivity index (χ1n) is 10.1. The van der Waals surface area contributed by atoms with Crippen LogP contribution in [0.5, 0.6) is 0 Å². The zero-order valence-corrected chi connectivity index (χ0v) is 17.0. The number of aromatic nitrogens is 2. The second-order valence-corrected chi connectivity index (χ2v) is 7.87. The topological polar surface area (TPSA) is 59.2 Å². The van der Waals surface area contributed by atoms with Gasteiger partial charge in [0.1, 0.15) is 0 Å². The van der Waals surface area contributed by atoms with Crippen molar-refractivity contribution in [3.63, 3.8) is 0 Å². The average Bonchev–Trinajstić information content (AvgIpc) is 3.24. The molecule has 0 saturated carbocycles. The monoisotopic (exact) mass is 429 g/mol. The molecule has 0 radical (unpaired) electrons. The summed E-state index contributed by atoms with van der Waals surface area (Å²) in [7, 11) is 0. The van der Waals surface area contributed by atoms with Crippen LogP contribution in [-0.2, 0) is 17.4 Å². The lowest BCUT2D eigenvalue weighted by Gasteiger charge is -2.31. The molecule has 1 amide bonds. The molecular formula is C23H22F3N3O2. The predicted octanol–water partition coefficient (Wildman–Crippen LogP) is 5.01. The highest BCUT2D eigenvalue weighted by atomic mass is 19.4. The lowest BCUT2D eigenvalue weighted by molar-refractivity contribution is -0.137. The fraction of sp³-hybridized carbons (Fsp3) is 0.348. The number of aryl methyl sites for hydroxylation is 1. The molecule has 1 aliphatic rings. The Morgan fingerprint density at radius 2 is 1.94 bits per heavy atom. The van der Waals surface area contributed by atoms with Gasteiger partial charge < -0.3 is 9.32 Å². The third kappa shape index (κ3) is 4.95. The molecule has 2 aromatic carbocycles. The molecule has 1 aliphatic heterocycles. The van der Waals surface area contributed by atoms with E-state index < -0.39 is 11.7 Å². The van der Waals surface area contributed by atoms with Gasteiger partial charge in [-0.05, 0) is 49.6 Å². The quantitative estimate of drug-likeness (QED) is 0.585. The van der Waals surface area contributed by atoms with Crippen molar-refractivity contribution in [1.29, 1.82) is 0 Å². The fourth-order valence-corrected chi connectivity index (χ4v) is 3.83. The highest BCUT2D eigenvalue weighted by Gasteiger charge is 2.31. The van der Waals surface area contributed by atoms with Crippen molar-refractivity contribution in [2.45, 2.75) is 38.3 Å². The van der Waals surface area contributed by atoms with Gasteiger partial charge in [-0.25, -0.2) is 0 Å². The standard InChI is InChI=1S/C23H22F3N3O2/c1-15-4-2-5-16(12-15)13-20(30)29-11-3-6-18(14-29)22-28-27-21(31-22)17-7-9-19(10-8-17)23(24,25)26/h2,4-5,7-10,12,18H,3,6,11,13-14H2,1H3. The van der Waals surface area contributed by atoms with E-state index in [2.05, 4.69) is 10.2 Å². The summed E-state index contributed by atoms with van der Waals surface area (Å²) >= 11 is 0. The zero-order chi connectivity index (χ0) is 22.0. The summed E-state index contributed by atoms with van der Waals surface area (Å²) in [4.78, 5) is 14.6. The number of rotatable bonds is 4. The number of hydrogen-bond donors (Lipinski definition) is 0. The molecule has 31 heavy (non-hydrogen) atoms. The van der Waals surface area contributed by atoms with E-state index in [1.165, 1.54) is 12.1 Å². The lowest BCUT2D eigenvalue weighted by Crippen LogP contribution is -2.40. The van der Waals surface area contributed by atoms with Crippen LogP contribution in [0.15, 0.2) is 52.9 Å². The zero-order valence-electron chi connectivity index (χ0n) is 17.0.